The second-order valence-corrected chi connectivity index (χ2v) is 4.38. The molecule has 0 saturated heterocycles. The van der Waals surface area contributed by atoms with Gasteiger partial charge in [-0.05, 0) is 18.6 Å². The summed E-state index contributed by atoms with van der Waals surface area (Å²) in [6, 6.07) is 3.72. The molecule has 0 aliphatic carbocycles. The van der Waals surface area contributed by atoms with Crippen LogP contribution in [0.2, 0.25) is 0 Å². The van der Waals surface area contributed by atoms with Crippen molar-refractivity contribution in [1.82, 2.24) is 5.32 Å². The molecule has 1 aromatic carbocycles. The Morgan fingerprint density at radius 2 is 2.15 bits per heavy atom. The zero-order valence-electron chi connectivity index (χ0n) is 11.5. The van der Waals surface area contributed by atoms with E-state index in [0.29, 0.717) is 6.42 Å². The lowest BCUT2D eigenvalue weighted by Gasteiger charge is -2.16. The standard InChI is InChI=1S/C14H18FNO4/c1-3-5-9(8-12(17)18)16-14(19)10-6-4-7-11(20-2)13(10)15/h4,6-7,9H,3,5,8H2,1-2H3,(H,16,19)(H,17,18)/t9-/m0/s1. The highest BCUT2D eigenvalue weighted by Gasteiger charge is 2.20. The van der Waals surface area contributed by atoms with Gasteiger partial charge in [-0.25, -0.2) is 4.39 Å². The summed E-state index contributed by atoms with van der Waals surface area (Å²) in [7, 11) is 1.31. The van der Waals surface area contributed by atoms with Crippen molar-refractivity contribution < 1.29 is 23.8 Å². The number of hydrogen-bond donors (Lipinski definition) is 2. The molecule has 1 rings (SSSR count). The average molecular weight is 283 g/mol. The maximum atomic E-state index is 13.9. The maximum Gasteiger partial charge on any atom is 0.305 e. The molecular weight excluding hydrogens is 265 g/mol. The van der Waals surface area contributed by atoms with E-state index in [1.165, 1.54) is 25.3 Å². The first-order valence-electron chi connectivity index (χ1n) is 6.34. The van der Waals surface area contributed by atoms with Crippen LogP contribution in [0, 0.1) is 5.82 Å². The molecule has 0 unspecified atom stereocenters. The van der Waals surface area contributed by atoms with Gasteiger partial charge in [0.15, 0.2) is 11.6 Å². The summed E-state index contributed by atoms with van der Waals surface area (Å²) in [5.74, 6) is -2.42. The second kappa shape index (κ2) is 7.47. The number of carbonyl (C=O) groups is 2. The Hall–Kier alpha value is -2.11. The molecule has 0 radical (unpaired) electrons. The van der Waals surface area contributed by atoms with Crippen LogP contribution in [0.4, 0.5) is 4.39 Å². The number of aliphatic carboxylic acids is 1. The fourth-order valence-electron chi connectivity index (χ4n) is 1.89. The molecule has 0 saturated carbocycles. The third kappa shape index (κ3) is 4.22. The van der Waals surface area contributed by atoms with Gasteiger partial charge in [0.25, 0.3) is 5.91 Å². The first-order valence-corrected chi connectivity index (χ1v) is 6.34. The van der Waals surface area contributed by atoms with Crippen molar-refractivity contribution in [3.05, 3.63) is 29.6 Å². The van der Waals surface area contributed by atoms with Crippen LogP contribution in [-0.2, 0) is 4.79 Å². The summed E-state index contributed by atoms with van der Waals surface area (Å²) in [6.45, 7) is 1.88. The lowest BCUT2D eigenvalue weighted by molar-refractivity contribution is -0.137. The Labute approximate surface area is 116 Å². The number of carboxylic acids is 1. The summed E-state index contributed by atoms with van der Waals surface area (Å²) in [4.78, 5) is 22.7. The zero-order valence-corrected chi connectivity index (χ0v) is 11.5. The number of methoxy groups -OCH3 is 1. The third-order valence-electron chi connectivity index (χ3n) is 2.82. The van der Waals surface area contributed by atoms with Crippen LogP contribution in [0.3, 0.4) is 0 Å². The SMILES string of the molecule is CCC[C@@H](CC(=O)O)NC(=O)c1cccc(OC)c1F. The van der Waals surface area contributed by atoms with Crippen LogP contribution in [-0.4, -0.2) is 30.1 Å². The normalized spacial score (nSPS) is 11.8. The van der Waals surface area contributed by atoms with E-state index in [-0.39, 0.29) is 17.7 Å². The summed E-state index contributed by atoms with van der Waals surface area (Å²) < 4.78 is 18.7. The van der Waals surface area contributed by atoms with E-state index < -0.39 is 23.7 Å². The smallest absolute Gasteiger partial charge is 0.305 e. The van der Waals surface area contributed by atoms with Crippen LogP contribution in [0.1, 0.15) is 36.5 Å². The predicted octanol–water partition coefficient (Wildman–Crippen LogP) is 2.21. The van der Waals surface area contributed by atoms with Gasteiger partial charge >= 0.3 is 5.97 Å². The fourth-order valence-corrected chi connectivity index (χ4v) is 1.89. The quantitative estimate of drug-likeness (QED) is 0.804. The van der Waals surface area contributed by atoms with Crippen LogP contribution >= 0.6 is 0 Å². The molecule has 0 aromatic heterocycles. The molecule has 0 aliphatic rings. The van der Waals surface area contributed by atoms with Crippen LogP contribution < -0.4 is 10.1 Å². The van der Waals surface area contributed by atoms with Gasteiger partial charge in [0.1, 0.15) is 0 Å². The Kier molecular flexibility index (Phi) is 5.96. The number of ether oxygens (including phenoxy) is 1. The lowest BCUT2D eigenvalue weighted by Crippen LogP contribution is -2.36. The van der Waals surface area contributed by atoms with Crippen molar-refractivity contribution in [1.29, 1.82) is 0 Å². The van der Waals surface area contributed by atoms with E-state index >= 15 is 0 Å². The van der Waals surface area contributed by atoms with Crippen molar-refractivity contribution >= 4 is 11.9 Å². The Morgan fingerprint density at radius 1 is 1.45 bits per heavy atom. The van der Waals surface area contributed by atoms with Gasteiger partial charge in [0.05, 0.1) is 19.1 Å². The minimum absolute atomic E-state index is 0.0251. The Bertz CT molecular complexity index is 490. The van der Waals surface area contributed by atoms with Gasteiger partial charge in [-0.2, -0.15) is 0 Å². The van der Waals surface area contributed by atoms with Crippen molar-refractivity contribution in [3.63, 3.8) is 0 Å². The molecular formula is C14H18FNO4. The highest BCUT2D eigenvalue weighted by atomic mass is 19.1. The van der Waals surface area contributed by atoms with Crippen molar-refractivity contribution in [3.8, 4) is 5.75 Å². The molecule has 0 bridgehead atoms. The fraction of sp³-hybridized carbons (Fsp3) is 0.429. The van der Waals surface area contributed by atoms with Gasteiger partial charge in [0, 0.05) is 6.04 Å². The van der Waals surface area contributed by atoms with Gasteiger partial charge in [0.2, 0.25) is 0 Å². The van der Waals surface area contributed by atoms with E-state index in [9.17, 15) is 14.0 Å². The number of carboxylic acid groups (broad SMARTS) is 1. The summed E-state index contributed by atoms with van der Waals surface area (Å²) in [5.41, 5.74) is -0.157. The minimum atomic E-state index is -1.00. The molecule has 0 aliphatic heterocycles. The molecule has 1 amide bonds. The first kappa shape index (κ1) is 15.9. The number of benzene rings is 1. The molecule has 5 nitrogen and oxygen atoms in total. The topological polar surface area (TPSA) is 75.6 Å². The minimum Gasteiger partial charge on any atom is -0.494 e. The summed E-state index contributed by atoms with van der Waals surface area (Å²) in [5, 5.41) is 11.3. The van der Waals surface area contributed by atoms with E-state index in [4.69, 9.17) is 9.84 Å². The average Bonchev–Trinajstić information content (AvgIpc) is 2.38. The highest BCUT2D eigenvalue weighted by Crippen LogP contribution is 2.20. The number of rotatable bonds is 7. The van der Waals surface area contributed by atoms with E-state index in [0.717, 1.165) is 6.42 Å². The third-order valence-corrected chi connectivity index (χ3v) is 2.82. The molecule has 6 heteroatoms. The molecule has 2 N–H and O–H groups in total. The Morgan fingerprint density at radius 3 is 2.70 bits per heavy atom. The Balaban J connectivity index is 2.86. The monoisotopic (exact) mass is 283 g/mol. The van der Waals surface area contributed by atoms with Crippen molar-refractivity contribution in [2.24, 2.45) is 0 Å². The lowest BCUT2D eigenvalue weighted by atomic mass is 10.1. The number of amides is 1. The molecule has 0 spiro atoms. The summed E-state index contributed by atoms with van der Waals surface area (Å²) in [6.07, 6.45) is 1.05. The number of hydrogen-bond acceptors (Lipinski definition) is 3. The number of carbonyl (C=O) groups excluding carboxylic acids is 1. The molecule has 20 heavy (non-hydrogen) atoms. The zero-order chi connectivity index (χ0) is 15.1. The maximum absolute atomic E-state index is 13.9. The van der Waals surface area contributed by atoms with E-state index in [1.807, 2.05) is 6.92 Å². The van der Waals surface area contributed by atoms with Crippen LogP contribution in [0.15, 0.2) is 18.2 Å². The predicted molar refractivity (Wildman–Crippen MR) is 71.4 cm³/mol. The van der Waals surface area contributed by atoms with Gasteiger partial charge in [-0.15, -0.1) is 0 Å². The molecule has 1 atom stereocenters. The van der Waals surface area contributed by atoms with Crippen molar-refractivity contribution in [2.45, 2.75) is 32.2 Å². The van der Waals surface area contributed by atoms with Crippen LogP contribution in [0.25, 0.3) is 0 Å². The second-order valence-electron chi connectivity index (χ2n) is 4.38. The molecule has 0 fully saturated rings. The van der Waals surface area contributed by atoms with Gasteiger partial charge in [-0.1, -0.05) is 19.4 Å². The van der Waals surface area contributed by atoms with E-state index in [2.05, 4.69) is 5.32 Å². The molecule has 110 valence electrons. The number of nitrogens with one attached hydrogen (secondary N) is 1. The van der Waals surface area contributed by atoms with Gasteiger partial charge < -0.3 is 15.2 Å². The van der Waals surface area contributed by atoms with E-state index in [1.54, 1.807) is 0 Å². The number of halogens is 1. The molecule has 0 heterocycles. The molecule has 1 aromatic rings. The van der Waals surface area contributed by atoms with Crippen molar-refractivity contribution in [2.75, 3.05) is 7.11 Å². The van der Waals surface area contributed by atoms with Crippen LogP contribution in [0.5, 0.6) is 5.75 Å². The first-order chi connectivity index (χ1) is 9.49. The largest absolute Gasteiger partial charge is 0.494 e. The highest BCUT2D eigenvalue weighted by molar-refractivity contribution is 5.95. The summed E-state index contributed by atoms with van der Waals surface area (Å²) >= 11 is 0. The van der Waals surface area contributed by atoms with Gasteiger partial charge in [-0.3, -0.25) is 9.59 Å².